The molecule has 2 nitrogen and oxygen atoms in total. The minimum Gasteiger partial charge on any atom is -0.365 e. The van der Waals surface area contributed by atoms with E-state index in [1.807, 2.05) is 69.4 Å². The quantitative estimate of drug-likeness (QED) is 0.753. The highest BCUT2D eigenvalue weighted by Gasteiger charge is 2.27. The summed E-state index contributed by atoms with van der Waals surface area (Å²) in [5, 5.41) is 0. The van der Waals surface area contributed by atoms with Crippen molar-refractivity contribution >= 4 is 11.5 Å². The summed E-state index contributed by atoms with van der Waals surface area (Å²) in [4.78, 5) is 13.6. The Morgan fingerprint density at radius 3 is 1.83 bits per heavy atom. The first-order chi connectivity index (χ1) is 11.2. The van der Waals surface area contributed by atoms with E-state index < -0.39 is 0 Å². The van der Waals surface area contributed by atoms with Crippen LogP contribution < -0.4 is 4.90 Å². The van der Waals surface area contributed by atoms with Gasteiger partial charge in [0.05, 0.1) is 6.04 Å². The van der Waals surface area contributed by atoms with Gasteiger partial charge in [0.15, 0.2) is 5.78 Å². The summed E-state index contributed by atoms with van der Waals surface area (Å²) in [5.74, 6) is 0.386. The van der Waals surface area contributed by atoms with Crippen LogP contribution in [0.4, 0.5) is 5.69 Å². The van der Waals surface area contributed by atoms with Crippen molar-refractivity contribution in [3.8, 4) is 0 Å². The van der Waals surface area contributed by atoms with Crippen molar-refractivity contribution in [1.29, 1.82) is 0 Å². The van der Waals surface area contributed by atoms with E-state index in [-0.39, 0.29) is 6.04 Å². The second kappa shape index (κ2) is 10.6. The van der Waals surface area contributed by atoms with Gasteiger partial charge in [0, 0.05) is 19.2 Å². The van der Waals surface area contributed by atoms with Crippen molar-refractivity contribution in [2.24, 2.45) is 0 Å². The molecule has 0 radical (unpaired) electrons. The maximum Gasteiger partial charge on any atom is 0.155 e. The third-order valence-electron chi connectivity index (χ3n) is 3.84. The summed E-state index contributed by atoms with van der Waals surface area (Å²) in [6.45, 7) is 6.08. The molecular weight excluding hydrogens is 282 g/mol. The molecule has 0 aliphatic heterocycles. The van der Waals surface area contributed by atoms with Crippen LogP contribution in [0.25, 0.3) is 0 Å². The summed E-state index contributed by atoms with van der Waals surface area (Å²) >= 11 is 0. The van der Waals surface area contributed by atoms with Crippen molar-refractivity contribution in [1.82, 2.24) is 0 Å². The molecule has 124 valence electrons. The first-order valence-corrected chi connectivity index (χ1v) is 8.50. The molecule has 0 bridgehead atoms. The Hall–Kier alpha value is -2.09. The fourth-order valence-electron chi connectivity index (χ4n) is 2.58. The third-order valence-corrected chi connectivity index (χ3v) is 3.84. The number of hydrogen-bond acceptors (Lipinski definition) is 2. The lowest BCUT2D eigenvalue weighted by molar-refractivity contribution is -0.118. The van der Waals surface area contributed by atoms with Gasteiger partial charge in [0.2, 0.25) is 0 Å². The van der Waals surface area contributed by atoms with Gasteiger partial charge in [0.1, 0.15) is 0 Å². The van der Waals surface area contributed by atoms with E-state index in [0.29, 0.717) is 5.78 Å². The molecule has 0 N–H and O–H groups in total. The van der Waals surface area contributed by atoms with E-state index in [4.69, 9.17) is 0 Å². The average molecular weight is 311 g/mol. The topological polar surface area (TPSA) is 20.3 Å². The van der Waals surface area contributed by atoms with Gasteiger partial charge in [-0.05, 0) is 31.9 Å². The van der Waals surface area contributed by atoms with Crippen LogP contribution in [0, 0.1) is 6.92 Å². The van der Waals surface area contributed by atoms with Gasteiger partial charge in [0.25, 0.3) is 0 Å². The Labute approximate surface area is 141 Å². The standard InChI is InChI=1S/C12H15NO.C7H8.C2H6/c1-13(10-6-3-2-4-7-10)11-8-5-9-12(11)14;1-7-5-3-2-4-6-7;1-2/h2-4,6-7,11H,5,8-9H2,1H3;2-6H,1H3;1-2H3. The lowest BCUT2D eigenvalue weighted by atomic mass is 10.2. The van der Waals surface area contributed by atoms with Crippen LogP contribution in [0.1, 0.15) is 38.7 Å². The number of ketones is 1. The maximum atomic E-state index is 11.5. The minimum atomic E-state index is 0.109. The number of Topliss-reactive ketones (excluding diaryl/α,β-unsaturated/α-hetero) is 1. The molecule has 1 fully saturated rings. The number of benzene rings is 2. The fraction of sp³-hybridized carbons (Fsp3) is 0.381. The van der Waals surface area contributed by atoms with Crippen molar-refractivity contribution in [3.05, 3.63) is 66.2 Å². The first-order valence-electron chi connectivity index (χ1n) is 8.50. The molecule has 1 aliphatic rings. The molecule has 0 saturated heterocycles. The predicted octanol–water partition coefficient (Wildman–Crippen LogP) is 5.27. The molecule has 23 heavy (non-hydrogen) atoms. The second-order valence-electron chi connectivity index (χ2n) is 5.48. The Morgan fingerprint density at radius 2 is 1.43 bits per heavy atom. The van der Waals surface area contributed by atoms with Crippen LogP contribution in [-0.4, -0.2) is 18.9 Å². The summed E-state index contributed by atoms with van der Waals surface area (Å²) in [6.07, 6.45) is 2.80. The lowest BCUT2D eigenvalue weighted by Gasteiger charge is -2.25. The zero-order valence-electron chi connectivity index (χ0n) is 14.8. The van der Waals surface area contributed by atoms with Gasteiger partial charge in [-0.15, -0.1) is 0 Å². The molecule has 1 atom stereocenters. The largest absolute Gasteiger partial charge is 0.365 e. The average Bonchev–Trinajstić information content (AvgIpc) is 3.04. The SMILES string of the molecule is CC.CN(c1ccccc1)C1CCCC1=O.Cc1ccccc1. The van der Waals surface area contributed by atoms with Gasteiger partial charge < -0.3 is 4.90 Å². The molecule has 2 aromatic carbocycles. The highest BCUT2D eigenvalue weighted by molar-refractivity contribution is 5.88. The second-order valence-corrected chi connectivity index (χ2v) is 5.48. The lowest BCUT2D eigenvalue weighted by Crippen LogP contribution is -2.34. The van der Waals surface area contributed by atoms with Crippen LogP contribution in [0.2, 0.25) is 0 Å². The number of likely N-dealkylation sites (N-methyl/N-ethyl adjacent to an activating group) is 1. The van der Waals surface area contributed by atoms with Crippen molar-refractivity contribution < 1.29 is 4.79 Å². The highest BCUT2D eigenvalue weighted by atomic mass is 16.1. The van der Waals surface area contributed by atoms with Crippen LogP contribution in [0.5, 0.6) is 0 Å². The number of carbonyl (C=O) groups is 1. The molecule has 3 rings (SSSR count). The Balaban J connectivity index is 0.000000247. The zero-order chi connectivity index (χ0) is 17.1. The van der Waals surface area contributed by atoms with Crippen LogP contribution in [0.3, 0.4) is 0 Å². The van der Waals surface area contributed by atoms with E-state index in [0.717, 1.165) is 24.9 Å². The summed E-state index contributed by atoms with van der Waals surface area (Å²) in [7, 11) is 2.00. The van der Waals surface area contributed by atoms with Gasteiger partial charge in [-0.3, -0.25) is 4.79 Å². The number of hydrogen-bond donors (Lipinski definition) is 0. The summed E-state index contributed by atoms with van der Waals surface area (Å²) in [6, 6.07) is 20.5. The van der Waals surface area contributed by atoms with Crippen LogP contribution in [0.15, 0.2) is 60.7 Å². The Morgan fingerprint density at radius 1 is 0.913 bits per heavy atom. The highest BCUT2D eigenvalue weighted by Crippen LogP contribution is 2.23. The monoisotopic (exact) mass is 311 g/mol. The number of anilines is 1. The van der Waals surface area contributed by atoms with E-state index in [1.165, 1.54) is 5.56 Å². The van der Waals surface area contributed by atoms with E-state index in [2.05, 4.69) is 24.0 Å². The van der Waals surface area contributed by atoms with Crippen molar-refractivity contribution in [2.45, 2.75) is 46.1 Å². The molecule has 1 aliphatic carbocycles. The first kappa shape index (κ1) is 19.0. The molecule has 1 saturated carbocycles. The van der Waals surface area contributed by atoms with Crippen molar-refractivity contribution in [3.63, 3.8) is 0 Å². The molecule has 0 amide bonds. The Bertz CT molecular complexity index is 551. The molecular formula is C21H29NO. The van der Waals surface area contributed by atoms with Crippen molar-refractivity contribution in [2.75, 3.05) is 11.9 Å². The zero-order valence-corrected chi connectivity index (χ0v) is 14.8. The molecule has 0 aromatic heterocycles. The minimum absolute atomic E-state index is 0.109. The number of para-hydroxylation sites is 1. The summed E-state index contributed by atoms with van der Waals surface area (Å²) in [5.41, 5.74) is 2.45. The van der Waals surface area contributed by atoms with E-state index in [9.17, 15) is 4.79 Å². The van der Waals surface area contributed by atoms with Crippen LogP contribution in [-0.2, 0) is 4.79 Å². The molecule has 1 unspecified atom stereocenters. The number of carbonyl (C=O) groups excluding carboxylic acids is 1. The predicted molar refractivity (Wildman–Crippen MR) is 100 cm³/mol. The third kappa shape index (κ3) is 6.27. The fourth-order valence-corrected chi connectivity index (χ4v) is 2.58. The number of rotatable bonds is 2. The summed E-state index contributed by atoms with van der Waals surface area (Å²) < 4.78 is 0. The van der Waals surface area contributed by atoms with Gasteiger partial charge in [-0.2, -0.15) is 0 Å². The molecule has 0 heterocycles. The smallest absolute Gasteiger partial charge is 0.155 e. The van der Waals surface area contributed by atoms with E-state index >= 15 is 0 Å². The molecule has 0 spiro atoms. The molecule has 2 heteroatoms. The Kier molecular flexibility index (Phi) is 8.74. The number of nitrogens with zero attached hydrogens (tertiary/aromatic N) is 1. The van der Waals surface area contributed by atoms with Gasteiger partial charge >= 0.3 is 0 Å². The van der Waals surface area contributed by atoms with Crippen LogP contribution >= 0.6 is 0 Å². The number of aryl methyl sites for hydroxylation is 1. The normalized spacial score (nSPS) is 15.8. The van der Waals surface area contributed by atoms with Gasteiger partial charge in [-0.1, -0.05) is 67.9 Å². The molecule has 2 aromatic rings. The van der Waals surface area contributed by atoms with Gasteiger partial charge in [-0.25, -0.2) is 0 Å². The van der Waals surface area contributed by atoms with E-state index in [1.54, 1.807) is 0 Å². The maximum absolute atomic E-state index is 11.5.